The molecule has 0 aromatic carbocycles. The van der Waals surface area contributed by atoms with E-state index in [-0.39, 0.29) is 5.92 Å². The van der Waals surface area contributed by atoms with Gasteiger partial charge in [0.1, 0.15) is 17.7 Å². The molecule has 1 N–H and O–H groups in total. The Morgan fingerprint density at radius 1 is 1.44 bits per heavy atom. The SMILES string of the molecule is O=C(O)C1(n2cnnc2C2CCOCC2)CCC1. The quantitative estimate of drug-likeness (QED) is 0.871. The van der Waals surface area contributed by atoms with Crippen LogP contribution < -0.4 is 0 Å². The molecule has 1 aromatic rings. The Labute approximate surface area is 105 Å². The smallest absolute Gasteiger partial charge is 0.329 e. The topological polar surface area (TPSA) is 77.2 Å². The molecule has 18 heavy (non-hydrogen) atoms. The highest BCUT2D eigenvalue weighted by atomic mass is 16.5. The summed E-state index contributed by atoms with van der Waals surface area (Å²) < 4.78 is 7.14. The van der Waals surface area contributed by atoms with Gasteiger partial charge in [0.2, 0.25) is 0 Å². The zero-order chi connectivity index (χ0) is 12.6. The van der Waals surface area contributed by atoms with E-state index >= 15 is 0 Å². The van der Waals surface area contributed by atoms with Crippen molar-refractivity contribution in [2.75, 3.05) is 13.2 Å². The van der Waals surface area contributed by atoms with Crippen molar-refractivity contribution in [1.82, 2.24) is 14.8 Å². The number of rotatable bonds is 3. The molecule has 1 saturated carbocycles. The Kier molecular flexibility index (Phi) is 2.81. The van der Waals surface area contributed by atoms with E-state index in [2.05, 4.69) is 10.2 Å². The van der Waals surface area contributed by atoms with Crippen molar-refractivity contribution in [3.05, 3.63) is 12.2 Å². The first-order chi connectivity index (χ1) is 8.74. The number of aromatic nitrogens is 3. The highest BCUT2D eigenvalue weighted by Gasteiger charge is 2.48. The highest BCUT2D eigenvalue weighted by molar-refractivity contribution is 5.78. The van der Waals surface area contributed by atoms with Gasteiger partial charge in [-0.2, -0.15) is 0 Å². The van der Waals surface area contributed by atoms with Crippen LogP contribution in [0.3, 0.4) is 0 Å². The van der Waals surface area contributed by atoms with E-state index in [1.807, 2.05) is 0 Å². The summed E-state index contributed by atoms with van der Waals surface area (Å²) in [7, 11) is 0. The summed E-state index contributed by atoms with van der Waals surface area (Å²) in [5.41, 5.74) is -0.795. The van der Waals surface area contributed by atoms with E-state index in [4.69, 9.17) is 4.74 Å². The first kappa shape index (κ1) is 11.6. The van der Waals surface area contributed by atoms with Crippen molar-refractivity contribution in [3.8, 4) is 0 Å². The molecular formula is C12H17N3O3. The van der Waals surface area contributed by atoms with Gasteiger partial charge in [0, 0.05) is 19.1 Å². The Morgan fingerprint density at radius 2 is 2.17 bits per heavy atom. The molecule has 98 valence electrons. The van der Waals surface area contributed by atoms with Crippen molar-refractivity contribution < 1.29 is 14.6 Å². The summed E-state index contributed by atoms with van der Waals surface area (Å²) in [5.74, 6) is 0.334. The van der Waals surface area contributed by atoms with E-state index in [9.17, 15) is 9.90 Å². The van der Waals surface area contributed by atoms with Gasteiger partial charge in [-0.1, -0.05) is 0 Å². The first-order valence-corrected chi connectivity index (χ1v) is 6.45. The molecule has 0 unspecified atom stereocenters. The predicted octanol–water partition coefficient (Wildman–Crippen LogP) is 1.14. The number of carbonyl (C=O) groups is 1. The van der Waals surface area contributed by atoms with E-state index in [0.717, 1.165) is 38.3 Å². The van der Waals surface area contributed by atoms with Crippen LogP contribution in [0.5, 0.6) is 0 Å². The normalized spacial score (nSPS) is 23.6. The second-order valence-electron chi connectivity index (χ2n) is 5.14. The molecule has 2 aliphatic rings. The standard InChI is InChI=1S/C12H17N3O3/c16-11(17)12(4-1-5-12)15-8-13-14-10(15)9-2-6-18-7-3-9/h8-9H,1-7H2,(H,16,17). The lowest BCUT2D eigenvalue weighted by Gasteiger charge is -2.40. The average Bonchev–Trinajstić information content (AvgIpc) is 2.77. The van der Waals surface area contributed by atoms with Gasteiger partial charge < -0.3 is 14.4 Å². The van der Waals surface area contributed by atoms with Gasteiger partial charge in [-0.05, 0) is 32.1 Å². The summed E-state index contributed by atoms with van der Waals surface area (Å²) in [6, 6.07) is 0. The molecule has 2 fully saturated rings. The molecule has 0 radical (unpaired) electrons. The first-order valence-electron chi connectivity index (χ1n) is 6.45. The third-order valence-corrected chi connectivity index (χ3v) is 4.20. The van der Waals surface area contributed by atoms with Crippen LogP contribution in [0.4, 0.5) is 0 Å². The Balaban J connectivity index is 1.93. The lowest BCUT2D eigenvalue weighted by molar-refractivity contribution is -0.152. The minimum Gasteiger partial charge on any atom is -0.479 e. The molecule has 0 bridgehead atoms. The summed E-state index contributed by atoms with van der Waals surface area (Å²) in [6.07, 6.45) is 5.69. The van der Waals surface area contributed by atoms with Crippen LogP contribution in [-0.2, 0) is 15.1 Å². The Morgan fingerprint density at radius 3 is 2.72 bits per heavy atom. The third-order valence-electron chi connectivity index (χ3n) is 4.20. The molecule has 0 atom stereocenters. The number of aliphatic carboxylic acids is 1. The van der Waals surface area contributed by atoms with Crippen LogP contribution in [0.15, 0.2) is 6.33 Å². The number of carboxylic acid groups (broad SMARTS) is 1. The van der Waals surface area contributed by atoms with Crippen LogP contribution in [0.1, 0.15) is 43.8 Å². The number of carboxylic acids is 1. The fourth-order valence-corrected chi connectivity index (χ4v) is 2.88. The second kappa shape index (κ2) is 4.35. The van der Waals surface area contributed by atoms with Gasteiger partial charge in [0.25, 0.3) is 0 Å². The van der Waals surface area contributed by atoms with Crippen LogP contribution in [0, 0.1) is 0 Å². The predicted molar refractivity (Wildman–Crippen MR) is 62.3 cm³/mol. The van der Waals surface area contributed by atoms with Crippen LogP contribution in [0.2, 0.25) is 0 Å². The van der Waals surface area contributed by atoms with Crippen LogP contribution in [0.25, 0.3) is 0 Å². The monoisotopic (exact) mass is 251 g/mol. The van der Waals surface area contributed by atoms with Gasteiger partial charge in [0.15, 0.2) is 0 Å². The van der Waals surface area contributed by atoms with Crippen LogP contribution >= 0.6 is 0 Å². The third kappa shape index (κ3) is 1.63. The van der Waals surface area contributed by atoms with Crippen LogP contribution in [-0.4, -0.2) is 39.1 Å². The maximum Gasteiger partial charge on any atom is 0.329 e. The van der Waals surface area contributed by atoms with E-state index in [1.54, 1.807) is 10.9 Å². The molecule has 6 nitrogen and oxygen atoms in total. The van der Waals surface area contributed by atoms with Gasteiger partial charge in [-0.3, -0.25) is 0 Å². The largest absolute Gasteiger partial charge is 0.479 e. The maximum atomic E-state index is 11.5. The van der Waals surface area contributed by atoms with E-state index in [1.165, 1.54) is 0 Å². The number of hydrogen-bond donors (Lipinski definition) is 1. The van der Waals surface area contributed by atoms with Crippen molar-refractivity contribution in [2.45, 2.75) is 43.6 Å². The van der Waals surface area contributed by atoms with Gasteiger partial charge in [-0.15, -0.1) is 10.2 Å². The molecule has 2 heterocycles. The molecule has 0 spiro atoms. The van der Waals surface area contributed by atoms with Crippen molar-refractivity contribution in [1.29, 1.82) is 0 Å². The minimum absolute atomic E-state index is 0.276. The van der Waals surface area contributed by atoms with E-state index in [0.29, 0.717) is 12.8 Å². The summed E-state index contributed by atoms with van der Waals surface area (Å²) in [6.45, 7) is 1.44. The Hall–Kier alpha value is -1.43. The number of nitrogens with zero attached hydrogens (tertiary/aromatic N) is 3. The van der Waals surface area contributed by atoms with Gasteiger partial charge >= 0.3 is 5.97 Å². The summed E-state index contributed by atoms with van der Waals surface area (Å²) in [5, 5.41) is 17.6. The van der Waals surface area contributed by atoms with E-state index < -0.39 is 11.5 Å². The lowest BCUT2D eigenvalue weighted by atomic mass is 9.76. The van der Waals surface area contributed by atoms with Crippen molar-refractivity contribution >= 4 is 5.97 Å². The maximum absolute atomic E-state index is 11.5. The van der Waals surface area contributed by atoms with Gasteiger partial charge in [-0.25, -0.2) is 4.79 Å². The molecule has 3 rings (SSSR count). The zero-order valence-corrected chi connectivity index (χ0v) is 10.2. The van der Waals surface area contributed by atoms with Crippen molar-refractivity contribution in [3.63, 3.8) is 0 Å². The fourth-order valence-electron chi connectivity index (χ4n) is 2.88. The lowest BCUT2D eigenvalue weighted by Crippen LogP contribution is -2.48. The zero-order valence-electron chi connectivity index (χ0n) is 10.2. The molecule has 0 amide bonds. The number of hydrogen-bond acceptors (Lipinski definition) is 4. The molecular weight excluding hydrogens is 234 g/mol. The van der Waals surface area contributed by atoms with Gasteiger partial charge in [0.05, 0.1) is 0 Å². The Bertz CT molecular complexity index is 447. The average molecular weight is 251 g/mol. The van der Waals surface area contributed by atoms with Crippen molar-refractivity contribution in [2.24, 2.45) is 0 Å². The minimum atomic E-state index is -0.795. The fraction of sp³-hybridized carbons (Fsp3) is 0.750. The number of ether oxygens (including phenoxy) is 1. The second-order valence-corrected chi connectivity index (χ2v) is 5.14. The molecule has 1 aromatic heterocycles. The highest BCUT2D eigenvalue weighted by Crippen LogP contribution is 2.41. The summed E-state index contributed by atoms with van der Waals surface area (Å²) in [4.78, 5) is 11.5. The molecule has 1 aliphatic heterocycles. The summed E-state index contributed by atoms with van der Waals surface area (Å²) >= 11 is 0. The molecule has 6 heteroatoms. The molecule has 1 aliphatic carbocycles. The molecule has 1 saturated heterocycles.